The number of carbonyl (C=O) groups is 2. The van der Waals surface area contributed by atoms with Gasteiger partial charge in [-0.3, -0.25) is 29.1 Å². The van der Waals surface area contributed by atoms with Gasteiger partial charge in [0.25, 0.3) is 17.2 Å². The summed E-state index contributed by atoms with van der Waals surface area (Å²) in [7, 11) is 0. The lowest BCUT2D eigenvalue weighted by molar-refractivity contribution is -0.385. The molecule has 0 saturated heterocycles. The second kappa shape index (κ2) is 7.86. The van der Waals surface area contributed by atoms with E-state index >= 15 is 0 Å². The Morgan fingerprint density at radius 3 is 2.69 bits per heavy atom. The van der Waals surface area contributed by atoms with E-state index in [4.69, 9.17) is 4.74 Å². The van der Waals surface area contributed by atoms with Gasteiger partial charge in [-0.2, -0.15) is 0 Å². The molecular weight excluding hydrogens is 378 g/mol. The number of ether oxygens (including phenoxy) is 1. The normalized spacial score (nSPS) is 14.2. The lowest BCUT2D eigenvalue weighted by atomic mass is 10.0. The number of amides is 1. The predicted molar refractivity (Wildman–Crippen MR) is 106 cm³/mol. The van der Waals surface area contributed by atoms with E-state index < -0.39 is 22.3 Å². The maximum Gasteiger partial charge on any atom is 0.286 e. The van der Waals surface area contributed by atoms with E-state index in [1.165, 1.54) is 19.9 Å². The van der Waals surface area contributed by atoms with E-state index in [0.29, 0.717) is 18.0 Å². The van der Waals surface area contributed by atoms with Gasteiger partial charge >= 0.3 is 0 Å². The Bertz CT molecular complexity index is 1060. The van der Waals surface area contributed by atoms with Crippen molar-refractivity contribution in [3.8, 4) is 5.75 Å². The summed E-state index contributed by atoms with van der Waals surface area (Å²) >= 11 is 0. The molecule has 0 bridgehead atoms. The maximum absolute atomic E-state index is 13.0. The summed E-state index contributed by atoms with van der Waals surface area (Å²) in [6, 6.07) is 4.97. The van der Waals surface area contributed by atoms with Crippen molar-refractivity contribution in [3.05, 3.63) is 62.1 Å². The largest absolute Gasteiger partial charge is 0.482 e. The van der Waals surface area contributed by atoms with Gasteiger partial charge in [0, 0.05) is 23.7 Å². The fourth-order valence-corrected chi connectivity index (χ4v) is 3.30. The summed E-state index contributed by atoms with van der Waals surface area (Å²) in [5.41, 5.74) is 0.230. The van der Waals surface area contributed by atoms with Gasteiger partial charge in [-0.15, -0.1) is 0 Å². The zero-order chi connectivity index (χ0) is 21.3. The van der Waals surface area contributed by atoms with Crippen LogP contribution in [0, 0.1) is 17.0 Å². The second-order valence-electron chi connectivity index (χ2n) is 6.91. The molecule has 1 aromatic carbocycles. The molecule has 9 heteroatoms. The molecule has 2 aromatic rings. The molecule has 0 fully saturated rings. The molecule has 1 aliphatic rings. The van der Waals surface area contributed by atoms with E-state index in [1.54, 1.807) is 23.1 Å². The Morgan fingerprint density at radius 2 is 2.03 bits per heavy atom. The Balaban J connectivity index is 2.01. The zero-order valence-corrected chi connectivity index (χ0v) is 16.4. The van der Waals surface area contributed by atoms with E-state index in [9.17, 15) is 24.5 Å². The number of benzene rings is 1. The molecule has 1 aliphatic heterocycles. The van der Waals surface area contributed by atoms with Gasteiger partial charge in [-0.25, -0.2) is 0 Å². The topological polar surface area (TPSA) is 112 Å². The van der Waals surface area contributed by atoms with Crippen molar-refractivity contribution in [2.45, 2.75) is 33.2 Å². The lowest BCUT2D eigenvalue weighted by Crippen LogP contribution is -2.39. The number of carbonyl (C=O) groups excluding carboxylic acids is 2. The number of fused-ring (bicyclic) bond motifs is 1. The number of aromatic nitrogens is 1. The molecule has 1 amide bonds. The second-order valence-corrected chi connectivity index (χ2v) is 6.91. The molecule has 0 radical (unpaired) electrons. The molecule has 0 saturated carbocycles. The Morgan fingerprint density at radius 1 is 1.31 bits per heavy atom. The minimum atomic E-state index is -0.959. The van der Waals surface area contributed by atoms with Crippen LogP contribution in [0.3, 0.4) is 0 Å². The number of hydrogen-bond donors (Lipinski definition) is 0. The maximum atomic E-state index is 13.0. The molecule has 0 N–H and O–H groups in total. The number of ketones is 1. The number of hydrogen-bond acceptors (Lipinski definition) is 6. The van der Waals surface area contributed by atoms with Crippen LogP contribution in [-0.2, 0) is 4.79 Å². The summed E-state index contributed by atoms with van der Waals surface area (Å²) in [5, 5.41) is 11.1. The van der Waals surface area contributed by atoms with Gasteiger partial charge in [-0.05, 0) is 38.5 Å². The van der Waals surface area contributed by atoms with Crippen LogP contribution in [0.15, 0.2) is 35.3 Å². The summed E-state index contributed by atoms with van der Waals surface area (Å²) in [6.45, 7) is 5.35. The third kappa shape index (κ3) is 3.75. The average molecular weight is 399 g/mol. The highest BCUT2D eigenvalue weighted by molar-refractivity contribution is 6.03. The number of aryl methyl sites for hydroxylation is 1. The van der Waals surface area contributed by atoms with Crippen LogP contribution < -0.4 is 15.2 Å². The van der Waals surface area contributed by atoms with E-state index in [0.717, 1.165) is 17.2 Å². The molecule has 29 heavy (non-hydrogen) atoms. The molecule has 0 spiro atoms. The number of nitrogens with zero attached hydrogens (tertiary/aromatic N) is 3. The molecule has 1 aromatic heterocycles. The molecule has 1 unspecified atom stereocenters. The number of Topliss-reactive ketones (excluding diaryl/α,β-unsaturated/α-hetero) is 1. The first-order valence-electron chi connectivity index (χ1n) is 9.23. The van der Waals surface area contributed by atoms with Crippen LogP contribution in [0.25, 0.3) is 0 Å². The number of anilines is 1. The van der Waals surface area contributed by atoms with Crippen molar-refractivity contribution in [1.82, 2.24) is 4.57 Å². The van der Waals surface area contributed by atoms with Gasteiger partial charge in [0.15, 0.2) is 12.4 Å². The summed E-state index contributed by atoms with van der Waals surface area (Å²) in [5.74, 6) is -0.0857. The molecular formula is C20H21N3O6. The van der Waals surface area contributed by atoms with Crippen LogP contribution in [0.2, 0.25) is 0 Å². The Kier molecular flexibility index (Phi) is 5.49. The van der Waals surface area contributed by atoms with Crippen LogP contribution in [0.5, 0.6) is 5.75 Å². The van der Waals surface area contributed by atoms with Gasteiger partial charge in [0.05, 0.1) is 22.8 Å². The molecule has 152 valence electrons. The fourth-order valence-electron chi connectivity index (χ4n) is 3.30. The van der Waals surface area contributed by atoms with Gasteiger partial charge in [0.2, 0.25) is 0 Å². The minimum absolute atomic E-state index is 0.0565. The average Bonchev–Trinajstić information content (AvgIpc) is 2.70. The number of rotatable bonds is 6. The third-order valence-electron chi connectivity index (χ3n) is 4.85. The van der Waals surface area contributed by atoms with Crippen molar-refractivity contribution in [3.63, 3.8) is 0 Å². The quantitative estimate of drug-likeness (QED) is 0.419. The van der Waals surface area contributed by atoms with Crippen molar-refractivity contribution in [2.75, 3.05) is 18.1 Å². The molecule has 2 heterocycles. The highest BCUT2D eigenvalue weighted by atomic mass is 16.6. The Hall–Kier alpha value is -3.49. The predicted octanol–water partition coefficient (Wildman–Crippen LogP) is 2.64. The molecule has 1 atom stereocenters. The van der Waals surface area contributed by atoms with Gasteiger partial charge in [-0.1, -0.05) is 6.92 Å². The molecule has 0 aliphatic carbocycles. The van der Waals surface area contributed by atoms with E-state index in [1.807, 2.05) is 6.92 Å². The number of pyridine rings is 1. The highest BCUT2D eigenvalue weighted by Crippen LogP contribution is 2.34. The fraction of sp³-hybridized carbons (Fsp3) is 0.350. The minimum Gasteiger partial charge on any atom is -0.482 e. The zero-order valence-electron chi connectivity index (χ0n) is 16.4. The first kappa shape index (κ1) is 20.2. The van der Waals surface area contributed by atoms with E-state index in [2.05, 4.69) is 0 Å². The first-order chi connectivity index (χ1) is 13.7. The standard InChI is InChI=1S/C20H21N3O6/c1-4-7-21-16-9-14(5-6-17(16)29-11-18(21)24)19(25)13(3)22-10-15(23(27)28)8-12(2)20(22)26/h5-6,8-10,13H,4,7,11H2,1-3H3. The Labute approximate surface area is 166 Å². The summed E-state index contributed by atoms with van der Waals surface area (Å²) in [6.07, 6.45) is 1.81. The SMILES string of the molecule is CCCN1C(=O)COc2ccc(C(=O)C(C)n3cc([N+](=O)[O-])cc(C)c3=O)cc21. The van der Waals surface area contributed by atoms with Crippen LogP contribution in [-0.4, -0.2) is 34.3 Å². The molecule has 3 rings (SSSR count). The van der Waals surface area contributed by atoms with Crippen molar-refractivity contribution >= 4 is 23.1 Å². The van der Waals surface area contributed by atoms with Crippen LogP contribution >= 0.6 is 0 Å². The molecule has 9 nitrogen and oxygen atoms in total. The van der Waals surface area contributed by atoms with Crippen molar-refractivity contribution in [1.29, 1.82) is 0 Å². The van der Waals surface area contributed by atoms with Crippen LogP contribution in [0.1, 0.15) is 42.2 Å². The smallest absolute Gasteiger partial charge is 0.286 e. The monoisotopic (exact) mass is 399 g/mol. The van der Waals surface area contributed by atoms with Gasteiger partial charge < -0.3 is 9.64 Å². The lowest BCUT2D eigenvalue weighted by Gasteiger charge is -2.29. The van der Waals surface area contributed by atoms with Crippen molar-refractivity contribution in [2.24, 2.45) is 0 Å². The highest BCUT2D eigenvalue weighted by Gasteiger charge is 2.28. The van der Waals surface area contributed by atoms with Gasteiger partial charge in [0.1, 0.15) is 5.75 Å². The van der Waals surface area contributed by atoms with E-state index in [-0.39, 0.29) is 29.3 Å². The third-order valence-corrected chi connectivity index (χ3v) is 4.85. The number of nitro groups is 1. The summed E-state index contributed by atoms with van der Waals surface area (Å²) < 4.78 is 6.51. The van der Waals surface area contributed by atoms with Crippen LogP contribution in [0.4, 0.5) is 11.4 Å². The first-order valence-corrected chi connectivity index (χ1v) is 9.23. The van der Waals surface area contributed by atoms with Crippen molar-refractivity contribution < 1.29 is 19.2 Å². The summed E-state index contributed by atoms with van der Waals surface area (Å²) in [4.78, 5) is 49.8.